The summed E-state index contributed by atoms with van der Waals surface area (Å²) in [6.45, 7) is 1.60. The van der Waals surface area contributed by atoms with Crippen LogP contribution in [0.15, 0.2) is 0 Å². The number of nitrogens with one attached hydrogen (secondary N) is 2. The van der Waals surface area contributed by atoms with E-state index in [4.69, 9.17) is 0 Å². The maximum Gasteiger partial charge on any atom is 0.223 e. The third-order valence-electron chi connectivity index (χ3n) is 3.23. The first-order valence-electron chi connectivity index (χ1n) is 6.17. The second-order valence-corrected chi connectivity index (χ2v) is 4.44. The monoisotopic (exact) mass is 226 g/mol. The van der Waals surface area contributed by atoms with E-state index in [9.17, 15) is 9.59 Å². The van der Waals surface area contributed by atoms with E-state index in [2.05, 4.69) is 10.6 Å². The fraction of sp³-hybridized carbons (Fsp3) is 0.833. The second-order valence-electron chi connectivity index (χ2n) is 4.44. The molecule has 0 saturated heterocycles. The van der Waals surface area contributed by atoms with Crippen LogP contribution in [0, 0.1) is 11.8 Å². The standard InChI is InChI=1S/C12H22N2O2/c1-13-7-4-8-14-12(16)11-6-3-2-5-10(11)9-15/h9-11,13H,2-8H2,1H3,(H,14,16)/t10-,11-/m0/s1. The zero-order chi connectivity index (χ0) is 11.8. The normalized spacial score (nSPS) is 25.1. The summed E-state index contributed by atoms with van der Waals surface area (Å²) in [5, 5.41) is 5.95. The van der Waals surface area contributed by atoms with Gasteiger partial charge in [-0.15, -0.1) is 0 Å². The number of hydrogen-bond donors (Lipinski definition) is 2. The minimum Gasteiger partial charge on any atom is -0.356 e. The summed E-state index contributed by atoms with van der Waals surface area (Å²) in [4.78, 5) is 22.7. The van der Waals surface area contributed by atoms with Crippen LogP contribution in [-0.2, 0) is 9.59 Å². The predicted octanol–water partition coefficient (Wildman–Crippen LogP) is 0.717. The first-order chi connectivity index (χ1) is 7.79. The summed E-state index contributed by atoms with van der Waals surface area (Å²) < 4.78 is 0. The van der Waals surface area contributed by atoms with Crippen molar-refractivity contribution in [3.05, 3.63) is 0 Å². The molecule has 1 amide bonds. The van der Waals surface area contributed by atoms with Crippen molar-refractivity contribution in [1.29, 1.82) is 0 Å². The Kier molecular flexibility index (Phi) is 6.08. The van der Waals surface area contributed by atoms with Crippen molar-refractivity contribution < 1.29 is 9.59 Å². The van der Waals surface area contributed by atoms with Gasteiger partial charge in [0, 0.05) is 18.4 Å². The summed E-state index contributed by atoms with van der Waals surface area (Å²) in [5.41, 5.74) is 0. The van der Waals surface area contributed by atoms with Crippen molar-refractivity contribution in [2.45, 2.75) is 32.1 Å². The molecule has 0 heterocycles. The molecule has 1 aliphatic rings. The first kappa shape index (κ1) is 13.2. The maximum absolute atomic E-state index is 11.8. The molecule has 2 atom stereocenters. The van der Waals surface area contributed by atoms with Gasteiger partial charge >= 0.3 is 0 Å². The number of amides is 1. The fourth-order valence-corrected chi connectivity index (χ4v) is 2.26. The molecule has 0 aromatic heterocycles. The summed E-state index contributed by atoms with van der Waals surface area (Å²) in [6.07, 6.45) is 5.77. The molecule has 4 nitrogen and oxygen atoms in total. The third-order valence-corrected chi connectivity index (χ3v) is 3.23. The van der Waals surface area contributed by atoms with Gasteiger partial charge in [-0.05, 0) is 32.9 Å². The van der Waals surface area contributed by atoms with Crippen LogP contribution in [0.4, 0.5) is 0 Å². The average Bonchev–Trinajstić information content (AvgIpc) is 2.34. The molecule has 1 rings (SSSR count). The van der Waals surface area contributed by atoms with E-state index in [-0.39, 0.29) is 17.7 Å². The van der Waals surface area contributed by atoms with Gasteiger partial charge in [0.05, 0.1) is 0 Å². The first-order valence-corrected chi connectivity index (χ1v) is 6.17. The number of carbonyl (C=O) groups excluding carboxylic acids is 2. The fourth-order valence-electron chi connectivity index (χ4n) is 2.26. The smallest absolute Gasteiger partial charge is 0.223 e. The molecular weight excluding hydrogens is 204 g/mol. The Hall–Kier alpha value is -0.900. The Bertz CT molecular complexity index is 231. The molecule has 0 unspecified atom stereocenters. The molecule has 1 fully saturated rings. The van der Waals surface area contributed by atoms with Crippen molar-refractivity contribution in [1.82, 2.24) is 10.6 Å². The zero-order valence-corrected chi connectivity index (χ0v) is 10.00. The number of rotatable bonds is 6. The van der Waals surface area contributed by atoms with Crippen LogP contribution < -0.4 is 10.6 Å². The predicted molar refractivity (Wildman–Crippen MR) is 63.1 cm³/mol. The van der Waals surface area contributed by atoms with Crippen LogP contribution in [0.1, 0.15) is 32.1 Å². The lowest BCUT2D eigenvalue weighted by molar-refractivity contribution is -0.131. The van der Waals surface area contributed by atoms with Crippen molar-refractivity contribution in [3.8, 4) is 0 Å². The summed E-state index contributed by atoms with van der Waals surface area (Å²) in [7, 11) is 1.89. The van der Waals surface area contributed by atoms with E-state index in [0.29, 0.717) is 6.54 Å². The van der Waals surface area contributed by atoms with E-state index in [1.54, 1.807) is 0 Å². The average molecular weight is 226 g/mol. The third kappa shape index (κ3) is 3.93. The molecule has 0 bridgehead atoms. The Labute approximate surface area is 97.2 Å². The van der Waals surface area contributed by atoms with Crippen molar-refractivity contribution in [3.63, 3.8) is 0 Å². The van der Waals surface area contributed by atoms with Crippen LogP contribution in [0.2, 0.25) is 0 Å². The number of carbonyl (C=O) groups is 2. The van der Waals surface area contributed by atoms with Crippen LogP contribution in [0.25, 0.3) is 0 Å². The lowest BCUT2D eigenvalue weighted by atomic mass is 9.79. The zero-order valence-electron chi connectivity index (χ0n) is 10.00. The molecule has 92 valence electrons. The Morgan fingerprint density at radius 1 is 1.31 bits per heavy atom. The van der Waals surface area contributed by atoms with Crippen molar-refractivity contribution in [2.75, 3.05) is 20.1 Å². The van der Waals surface area contributed by atoms with Crippen LogP contribution in [0.3, 0.4) is 0 Å². The summed E-state index contributed by atoms with van der Waals surface area (Å²) in [6, 6.07) is 0. The van der Waals surface area contributed by atoms with Gasteiger partial charge in [-0.1, -0.05) is 12.8 Å². The Morgan fingerprint density at radius 3 is 2.75 bits per heavy atom. The van der Waals surface area contributed by atoms with Gasteiger partial charge in [-0.25, -0.2) is 0 Å². The molecule has 0 radical (unpaired) electrons. The highest BCUT2D eigenvalue weighted by atomic mass is 16.2. The van der Waals surface area contributed by atoms with E-state index < -0.39 is 0 Å². The van der Waals surface area contributed by atoms with E-state index in [1.165, 1.54) is 0 Å². The van der Waals surface area contributed by atoms with Gasteiger partial charge in [0.1, 0.15) is 6.29 Å². The van der Waals surface area contributed by atoms with E-state index >= 15 is 0 Å². The largest absolute Gasteiger partial charge is 0.356 e. The van der Waals surface area contributed by atoms with E-state index in [0.717, 1.165) is 44.9 Å². The van der Waals surface area contributed by atoms with Gasteiger partial charge in [0.15, 0.2) is 0 Å². The SMILES string of the molecule is CNCCCNC(=O)[C@H]1CCCC[C@H]1C=O. The summed E-state index contributed by atoms with van der Waals surface area (Å²) in [5.74, 6) is -0.0770. The maximum atomic E-state index is 11.8. The molecule has 0 spiro atoms. The quantitative estimate of drug-likeness (QED) is 0.518. The minimum atomic E-state index is -0.0826. The molecule has 1 aliphatic carbocycles. The molecule has 0 aromatic carbocycles. The highest BCUT2D eigenvalue weighted by molar-refractivity contribution is 5.81. The highest BCUT2D eigenvalue weighted by Crippen LogP contribution is 2.28. The molecule has 2 N–H and O–H groups in total. The van der Waals surface area contributed by atoms with Gasteiger partial charge in [-0.3, -0.25) is 4.79 Å². The molecule has 16 heavy (non-hydrogen) atoms. The molecule has 0 aromatic rings. The van der Waals surface area contributed by atoms with Crippen molar-refractivity contribution in [2.24, 2.45) is 11.8 Å². The van der Waals surface area contributed by atoms with Crippen LogP contribution in [0.5, 0.6) is 0 Å². The van der Waals surface area contributed by atoms with Gasteiger partial charge in [0.25, 0.3) is 0 Å². The topological polar surface area (TPSA) is 58.2 Å². The Morgan fingerprint density at radius 2 is 2.06 bits per heavy atom. The number of aldehydes is 1. The van der Waals surface area contributed by atoms with Crippen LogP contribution >= 0.6 is 0 Å². The van der Waals surface area contributed by atoms with Gasteiger partial charge < -0.3 is 15.4 Å². The molecular formula is C12H22N2O2. The van der Waals surface area contributed by atoms with Gasteiger partial charge in [0.2, 0.25) is 5.91 Å². The lowest BCUT2D eigenvalue weighted by Crippen LogP contribution is -2.38. The second kappa shape index (κ2) is 7.39. The summed E-state index contributed by atoms with van der Waals surface area (Å²) >= 11 is 0. The van der Waals surface area contributed by atoms with Crippen LogP contribution in [-0.4, -0.2) is 32.3 Å². The Balaban J connectivity index is 2.30. The highest BCUT2D eigenvalue weighted by Gasteiger charge is 2.30. The molecule has 0 aliphatic heterocycles. The number of hydrogen-bond acceptors (Lipinski definition) is 3. The lowest BCUT2D eigenvalue weighted by Gasteiger charge is -2.26. The minimum absolute atomic E-state index is 0.0574. The molecule has 4 heteroatoms. The molecule has 1 saturated carbocycles. The van der Waals surface area contributed by atoms with E-state index in [1.807, 2.05) is 7.05 Å². The van der Waals surface area contributed by atoms with Crippen molar-refractivity contribution >= 4 is 12.2 Å². The van der Waals surface area contributed by atoms with Gasteiger partial charge in [-0.2, -0.15) is 0 Å².